The molecular formula is C14H29N3O. The van der Waals surface area contributed by atoms with E-state index in [-0.39, 0.29) is 0 Å². The van der Waals surface area contributed by atoms with Gasteiger partial charge in [0.1, 0.15) is 0 Å². The van der Waals surface area contributed by atoms with Gasteiger partial charge in [0.2, 0.25) is 0 Å². The first kappa shape index (κ1) is 15.3. The van der Waals surface area contributed by atoms with E-state index >= 15 is 0 Å². The zero-order valence-electron chi connectivity index (χ0n) is 12.3. The lowest BCUT2D eigenvalue weighted by Crippen LogP contribution is -2.41. The summed E-state index contributed by atoms with van der Waals surface area (Å²) in [6.45, 7) is 10.00. The van der Waals surface area contributed by atoms with Crippen molar-refractivity contribution in [2.24, 2.45) is 22.1 Å². The van der Waals surface area contributed by atoms with Gasteiger partial charge in [0.25, 0.3) is 0 Å². The van der Waals surface area contributed by atoms with Gasteiger partial charge in [-0.05, 0) is 37.0 Å². The van der Waals surface area contributed by atoms with Crippen LogP contribution in [0.3, 0.4) is 0 Å². The number of nitrogens with one attached hydrogen (secondary N) is 1. The lowest BCUT2D eigenvalue weighted by molar-refractivity contribution is -0.0175. The first-order chi connectivity index (χ1) is 8.22. The number of hydrogen-bond acceptors (Lipinski definition) is 2. The number of hydrogen-bond donors (Lipinski definition) is 3. The molecule has 0 saturated heterocycles. The Kier molecular flexibility index (Phi) is 5.02. The predicted molar refractivity (Wildman–Crippen MR) is 76.5 cm³/mol. The molecule has 1 aliphatic rings. The molecule has 0 aromatic carbocycles. The van der Waals surface area contributed by atoms with Crippen molar-refractivity contribution in [3.05, 3.63) is 0 Å². The van der Waals surface area contributed by atoms with E-state index in [4.69, 9.17) is 5.73 Å². The molecule has 0 bridgehead atoms. The van der Waals surface area contributed by atoms with Crippen molar-refractivity contribution in [3.63, 3.8) is 0 Å². The minimum absolute atomic E-state index is 0.359. The lowest BCUT2D eigenvalue weighted by Gasteiger charge is -2.39. The number of aliphatic imine (C=N–C) groups is 1. The van der Waals surface area contributed by atoms with Crippen molar-refractivity contribution in [2.75, 3.05) is 13.1 Å². The quantitative estimate of drug-likeness (QED) is 0.530. The van der Waals surface area contributed by atoms with E-state index in [1.54, 1.807) is 0 Å². The van der Waals surface area contributed by atoms with Crippen LogP contribution in [0.5, 0.6) is 0 Å². The molecule has 4 nitrogen and oxygen atoms in total. The second kappa shape index (κ2) is 5.91. The number of nitrogens with two attached hydrogens (primary N) is 1. The summed E-state index contributed by atoms with van der Waals surface area (Å²) < 4.78 is 0. The normalized spacial score (nSPS) is 23.1. The molecule has 4 N–H and O–H groups in total. The molecule has 0 heterocycles. The smallest absolute Gasteiger partial charge is 0.188 e. The molecule has 1 saturated carbocycles. The van der Waals surface area contributed by atoms with Gasteiger partial charge in [-0.3, -0.25) is 4.99 Å². The Morgan fingerprint density at radius 1 is 1.28 bits per heavy atom. The van der Waals surface area contributed by atoms with E-state index in [0.717, 1.165) is 32.2 Å². The third-order valence-corrected chi connectivity index (χ3v) is 3.77. The van der Waals surface area contributed by atoms with Gasteiger partial charge in [-0.25, -0.2) is 0 Å². The first-order valence-electron chi connectivity index (χ1n) is 6.99. The fourth-order valence-electron chi connectivity index (χ4n) is 2.15. The SMILES string of the molecule is CC(C)CNC(N)=NCC1(O)CCC(C)(C)CC1. The summed E-state index contributed by atoms with van der Waals surface area (Å²) in [6.07, 6.45) is 3.75. The molecule has 0 aliphatic heterocycles. The Bertz CT molecular complexity index is 287. The first-order valence-corrected chi connectivity index (χ1v) is 6.99. The fraction of sp³-hybridized carbons (Fsp3) is 0.929. The van der Waals surface area contributed by atoms with E-state index in [1.807, 2.05) is 0 Å². The molecule has 0 spiro atoms. The van der Waals surface area contributed by atoms with Crippen LogP contribution in [0.15, 0.2) is 4.99 Å². The highest BCUT2D eigenvalue weighted by Gasteiger charge is 2.36. The van der Waals surface area contributed by atoms with Crippen LogP contribution < -0.4 is 11.1 Å². The maximum atomic E-state index is 10.4. The highest BCUT2D eigenvalue weighted by molar-refractivity contribution is 5.77. The van der Waals surface area contributed by atoms with Gasteiger partial charge in [-0.15, -0.1) is 0 Å². The maximum absolute atomic E-state index is 10.4. The fourth-order valence-corrected chi connectivity index (χ4v) is 2.15. The van der Waals surface area contributed by atoms with Gasteiger partial charge in [-0.1, -0.05) is 27.7 Å². The van der Waals surface area contributed by atoms with Crippen LogP contribution in [0.2, 0.25) is 0 Å². The molecule has 0 aromatic heterocycles. The standard InChI is InChI=1S/C14H29N3O/c1-11(2)9-16-12(15)17-10-14(18)7-5-13(3,4)6-8-14/h11,18H,5-10H2,1-4H3,(H3,15,16,17). The molecule has 0 aromatic rings. The highest BCUT2D eigenvalue weighted by atomic mass is 16.3. The van der Waals surface area contributed by atoms with Gasteiger partial charge in [0.15, 0.2) is 5.96 Å². The van der Waals surface area contributed by atoms with Gasteiger partial charge in [-0.2, -0.15) is 0 Å². The maximum Gasteiger partial charge on any atom is 0.188 e. The van der Waals surface area contributed by atoms with Crippen LogP contribution in [0.4, 0.5) is 0 Å². The third-order valence-electron chi connectivity index (χ3n) is 3.77. The molecule has 0 amide bonds. The second-order valence-corrected chi connectivity index (χ2v) is 6.86. The van der Waals surface area contributed by atoms with Crippen LogP contribution in [0.1, 0.15) is 53.4 Å². The molecule has 1 aliphatic carbocycles. The van der Waals surface area contributed by atoms with Crippen LogP contribution in [0, 0.1) is 11.3 Å². The lowest BCUT2D eigenvalue weighted by atomic mass is 9.71. The van der Waals surface area contributed by atoms with Crippen molar-refractivity contribution >= 4 is 5.96 Å². The molecule has 1 rings (SSSR count). The Hall–Kier alpha value is -0.770. The molecule has 1 fully saturated rings. The predicted octanol–water partition coefficient (Wildman–Crippen LogP) is 1.88. The van der Waals surface area contributed by atoms with Crippen molar-refractivity contribution in [1.82, 2.24) is 5.32 Å². The number of rotatable bonds is 4. The van der Waals surface area contributed by atoms with Crippen LogP contribution >= 0.6 is 0 Å². The molecule has 0 radical (unpaired) electrons. The summed E-state index contributed by atoms with van der Waals surface area (Å²) in [5.74, 6) is 0.985. The highest BCUT2D eigenvalue weighted by Crippen LogP contribution is 2.40. The number of nitrogens with zero attached hydrogens (tertiary/aromatic N) is 1. The van der Waals surface area contributed by atoms with E-state index in [9.17, 15) is 5.11 Å². The summed E-state index contributed by atoms with van der Waals surface area (Å²) in [4.78, 5) is 4.27. The largest absolute Gasteiger partial charge is 0.388 e. The molecule has 0 unspecified atom stereocenters. The van der Waals surface area contributed by atoms with Crippen LogP contribution in [-0.4, -0.2) is 29.8 Å². The molecule has 0 atom stereocenters. The average molecular weight is 255 g/mol. The molecule has 18 heavy (non-hydrogen) atoms. The summed E-state index contributed by atoms with van der Waals surface area (Å²) in [6, 6.07) is 0. The number of guanidine groups is 1. The monoisotopic (exact) mass is 255 g/mol. The topological polar surface area (TPSA) is 70.6 Å². The van der Waals surface area contributed by atoms with E-state index in [1.165, 1.54) is 0 Å². The summed E-state index contributed by atoms with van der Waals surface area (Å²) in [5, 5.41) is 13.5. The minimum atomic E-state index is -0.653. The Morgan fingerprint density at radius 2 is 1.83 bits per heavy atom. The van der Waals surface area contributed by atoms with E-state index in [2.05, 4.69) is 38.0 Å². The second-order valence-electron chi connectivity index (χ2n) is 6.86. The van der Waals surface area contributed by atoms with Crippen LogP contribution in [-0.2, 0) is 0 Å². The van der Waals surface area contributed by atoms with E-state index in [0.29, 0.717) is 23.8 Å². The zero-order chi connectivity index (χ0) is 13.8. The molecule has 4 heteroatoms. The minimum Gasteiger partial charge on any atom is -0.388 e. The zero-order valence-corrected chi connectivity index (χ0v) is 12.3. The van der Waals surface area contributed by atoms with Crippen molar-refractivity contribution in [3.8, 4) is 0 Å². The summed E-state index contributed by atoms with van der Waals surface area (Å²) >= 11 is 0. The number of aliphatic hydroxyl groups is 1. The van der Waals surface area contributed by atoms with Crippen molar-refractivity contribution in [1.29, 1.82) is 0 Å². The Labute approximate surface area is 111 Å². The third kappa shape index (κ3) is 5.25. The van der Waals surface area contributed by atoms with Gasteiger partial charge in [0, 0.05) is 6.54 Å². The van der Waals surface area contributed by atoms with Gasteiger partial charge in [0.05, 0.1) is 12.1 Å². The summed E-state index contributed by atoms with van der Waals surface area (Å²) in [5.41, 5.74) is 5.48. The van der Waals surface area contributed by atoms with Gasteiger partial charge >= 0.3 is 0 Å². The summed E-state index contributed by atoms with van der Waals surface area (Å²) in [7, 11) is 0. The van der Waals surface area contributed by atoms with E-state index < -0.39 is 5.60 Å². The van der Waals surface area contributed by atoms with Crippen molar-refractivity contribution in [2.45, 2.75) is 59.0 Å². The Balaban J connectivity index is 2.40. The van der Waals surface area contributed by atoms with Crippen molar-refractivity contribution < 1.29 is 5.11 Å². The average Bonchev–Trinajstić information content (AvgIpc) is 2.29. The molecular weight excluding hydrogens is 226 g/mol. The van der Waals surface area contributed by atoms with Gasteiger partial charge < -0.3 is 16.2 Å². The molecule has 106 valence electrons. The Morgan fingerprint density at radius 3 is 2.33 bits per heavy atom. The van der Waals surface area contributed by atoms with Crippen LogP contribution in [0.25, 0.3) is 0 Å².